The zero-order valence-corrected chi connectivity index (χ0v) is 18.4. The Bertz CT molecular complexity index is 1100. The summed E-state index contributed by atoms with van der Waals surface area (Å²) in [4.78, 5) is 4.90. The number of hydrogen-bond acceptors (Lipinski definition) is 5. The molecule has 0 unspecified atom stereocenters. The lowest BCUT2D eigenvalue weighted by Crippen LogP contribution is -2.39. The Labute approximate surface area is 178 Å². The van der Waals surface area contributed by atoms with E-state index in [2.05, 4.69) is 36.1 Å². The Morgan fingerprint density at radius 2 is 1.77 bits per heavy atom. The highest BCUT2D eigenvalue weighted by atomic mass is 32.2. The van der Waals surface area contributed by atoms with Gasteiger partial charge in [-0.3, -0.25) is 0 Å². The van der Waals surface area contributed by atoms with E-state index in [0.29, 0.717) is 35.6 Å². The first-order valence-electron chi connectivity index (χ1n) is 10.4. The lowest BCUT2D eigenvalue weighted by molar-refractivity contribution is 0.265. The van der Waals surface area contributed by atoms with E-state index in [0.717, 1.165) is 24.0 Å². The molecular weight excluding hydrogens is 398 g/mol. The summed E-state index contributed by atoms with van der Waals surface area (Å²) in [6.07, 6.45) is 1.59. The molecule has 158 valence electrons. The molecule has 2 heterocycles. The molecule has 1 aliphatic heterocycles. The molecule has 3 aromatic rings. The number of nitrogens with zero attached hydrogens (tertiary/aromatic N) is 3. The van der Waals surface area contributed by atoms with E-state index in [1.807, 2.05) is 31.2 Å². The molecule has 0 saturated carbocycles. The van der Waals surface area contributed by atoms with Crippen LogP contribution in [-0.4, -0.2) is 36.0 Å². The Morgan fingerprint density at radius 1 is 1.07 bits per heavy atom. The first kappa shape index (κ1) is 20.8. The van der Waals surface area contributed by atoms with Crippen molar-refractivity contribution in [3.63, 3.8) is 0 Å². The standard InChI is InChI=1S/C23H27N3O3S/c1-16(2)18-8-10-19(11-9-18)22-24-23(29-25-22)20-5-4-14-26(15-20)30(27,28)21-12-6-17(3)7-13-21/h6-13,16,20H,4-5,14-15H2,1-3H3/t20-/m1/s1. The van der Waals surface area contributed by atoms with E-state index in [1.165, 1.54) is 9.87 Å². The van der Waals surface area contributed by atoms with Crippen molar-refractivity contribution < 1.29 is 12.9 Å². The Balaban J connectivity index is 1.52. The van der Waals surface area contributed by atoms with Crippen molar-refractivity contribution in [1.82, 2.24) is 14.4 Å². The minimum atomic E-state index is -3.53. The Hall–Kier alpha value is -2.51. The predicted octanol–water partition coefficient (Wildman–Crippen LogP) is 4.74. The fourth-order valence-electron chi connectivity index (χ4n) is 3.76. The molecule has 0 spiro atoms. The second-order valence-corrected chi connectivity index (χ2v) is 10.2. The number of aryl methyl sites for hydroxylation is 1. The van der Waals surface area contributed by atoms with Gasteiger partial charge in [0.2, 0.25) is 21.7 Å². The van der Waals surface area contributed by atoms with Crippen LogP contribution in [0.1, 0.15) is 55.5 Å². The second kappa shape index (κ2) is 8.32. The molecule has 2 aromatic carbocycles. The molecule has 0 radical (unpaired) electrons. The minimum absolute atomic E-state index is 0.102. The minimum Gasteiger partial charge on any atom is -0.339 e. The van der Waals surface area contributed by atoms with Crippen molar-refractivity contribution in [3.8, 4) is 11.4 Å². The number of rotatable bonds is 5. The van der Waals surface area contributed by atoms with E-state index in [1.54, 1.807) is 12.1 Å². The third-order valence-electron chi connectivity index (χ3n) is 5.67. The molecule has 4 rings (SSSR count). The van der Waals surface area contributed by atoms with E-state index in [-0.39, 0.29) is 5.92 Å². The number of sulfonamides is 1. The van der Waals surface area contributed by atoms with Crippen molar-refractivity contribution in [1.29, 1.82) is 0 Å². The normalized spacial score (nSPS) is 18.1. The van der Waals surface area contributed by atoms with Crippen LogP contribution in [0.25, 0.3) is 11.4 Å². The molecule has 1 aliphatic rings. The van der Waals surface area contributed by atoms with Crippen molar-refractivity contribution in [3.05, 3.63) is 65.5 Å². The number of benzene rings is 2. The Morgan fingerprint density at radius 3 is 2.43 bits per heavy atom. The van der Waals surface area contributed by atoms with E-state index < -0.39 is 10.0 Å². The van der Waals surface area contributed by atoms with Crippen molar-refractivity contribution in [2.45, 2.75) is 50.3 Å². The first-order chi connectivity index (χ1) is 14.3. The maximum absolute atomic E-state index is 13.0. The molecule has 6 nitrogen and oxygen atoms in total. The lowest BCUT2D eigenvalue weighted by atomic mass is 9.99. The number of aromatic nitrogens is 2. The van der Waals surface area contributed by atoms with Gasteiger partial charge in [0.05, 0.1) is 10.8 Å². The SMILES string of the molecule is Cc1ccc(S(=O)(=O)N2CCC[C@@H](c3nc(-c4ccc(C(C)C)cc4)no3)C2)cc1. The van der Waals surface area contributed by atoms with Gasteiger partial charge in [-0.15, -0.1) is 0 Å². The van der Waals surface area contributed by atoms with Gasteiger partial charge in [0.25, 0.3) is 0 Å². The van der Waals surface area contributed by atoms with Crippen LogP contribution in [0.4, 0.5) is 0 Å². The van der Waals surface area contributed by atoms with Crippen LogP contribution in [-0.2, 0) is 10.0 Å². The van der Waals surface area contributed by atoms with Gasteiger partial charge in [0.15, 0.2) is 0 Å². The van der Waals surface area contributed by atoms with Gasteiger partial charge in [-0.2, -0.15) is 9.29 Å². The summed E-state index contributed by atoms with van der Waals surface area (Å²) in [7, 11) is -3.53. The summed E-state index contributed by atoms with van der Waals surface area (Å²) in [5.41, 5.74) is 3.19. The van der Waals surface area contributed by atoms with E-state index in [4.69, 9.17) is 4.52 Å². The lowest BCUT2D eigenvalue weighted by Gasteiger charge is -2.30. The monoisotopic (exact) mass is 425 g/mol. The van der Waals surface area contributed by atoms with Gasteiger partial charge in [0.1, 0.15) is 0 Å². The predicted molar refractivity (Wildman–Crippen MR) is 116 cm³/mol. The third-order valence-corrected chi connectivity index (χ3v) is 7.55. The van der Waals surface area contributed by atoms with Gasteiger partial charge in [-0.05, 0) is 43.4 Å². The van der Waals surface area contributed by atoms with Crippen LogP contribution >= 0.6 is 0 Å². The van der Waals surface area contributed by atoms with Gasteiger partial charge in [0, 0.05) is 18.7 Å². The fourth-order valence-corrected chi connectivity index (χ4v) is 5.28. The molecule has 0 aliphatic carbocycles. The third kappa shape index (κ3) is 4.18. The Kier molecular flexibility index (Phi) is 5.75. The summed E-state index contributed by atoms with van der Waals surface area (Å²) >= 11 is 0. The van der Waals surface area contributed by atoms with Crippen LogP contribution in [0.15, 0.2) is 57.9 Å². The van der Waals surface area contributed by atoms with Crippen LogP contribution < -0.4 is 0 Å². The van der Waals surface area contributed by atoms with Gasteiger partial charge in [-0.25, -0.2) is 8.42 Å². The highest BCUT2D eigenvalue weighted by Gasteiger charge is 2.33. The summed E-state index contributed by atoms with van der Waals surface area (Å²) in [6, 6.07) is 15.1. The van der Waals surface area contributed by atoms with Gasteiger partial charge < -0.3 is 4.52 Å². The molecule has 0 amide bonds. The van der Waals surface area contributed by atoms with Gasteiger partial charge in [-0.1, -0.05) is 61.0 Å². The smallest absolute Gasteiger partial charge is 0.243 e. The summed E-state index contributed by atoms with van der Waals surface area (Å²) in [6.45, 7) is 7.10. The van der Waals surface area contributed by atoms with E-state index >= 15 is 0 Å². The summed E-state index contributed by atoms with van der Waals surface area (Å²) in [5.74, 6) is 1.40. The number of piperidine rings is 1. The summed E-state index contributed by atoms with van der Waals surface area (Å²) in [5, 5.41) is 4.14. The topological polar surface area (TPSA) is 76.3 Å². The van der Waals surface area contributed by atoms with Crippen molar-refractivity contribution in [2.24, 2.45) is 0 Å². The average Bonchev–Trinajstić information content (AvgIpc) is 3.24. The second-order valence-electron chi connectivity index (χ2n) is 8.25. The maximum atomic E-state index is 13.0. The first-order valence-corrected chi connectivity index (χ1v) is 11.8. The molecule has 1 atom stereocenters. The van der Waals surface area contributed by atoms with Crippen molar-refractivity contribution in [2.75, 3.05) is 13.1 Å². The highest BCUT2D eigenvalue weighted by Crippen LogP contribution is 2.31. The van der Waals surface area contributed by atoms with Crippen LogP contribution in [0.5, 0.6) is 0 Å². The molecule has 7 heteroatoms. The zero-order chi connectivity index (χ0) is 21.3. The molecule has 1 aromatic heterocycles. The fraction of sp³-hybridized carbons (Fsp3) is 0.391. The highest BCUT2D eigenvalue weighted by molar-refractivity contribution is 7.89. The molecule has 30 heavy (non-hydrogen) atoms. The quantitative estimate of drug-likeness (QED) is 0.590. The molecule has 0 bridgehead atoms. The largest absolute Gasteiger partial charge is 0.339 e. The number of hydrogen-bond donors (Lipinski definition) is 0. The zero-order valence-electron chi connectivity index (χ0n) is 17.6. The van der Waals surface area contributed by atoms with Crippen LogP contribution in [0.2, 0.25) is 0 Å². The van der Waals surface area contributed by atoms with Crippen LogP contribution in [0.3, 0.4) is 0 Å². The average molecular weight is 426 g/mol. The van der Waals surface area contributed by atoms with E-state index in [9.17, 15) is 8.42 Å². The van der Waals surface area contributed by atoms with Crippen molar-refractivity contribution >= 4 is 10.0 Å². The molecule has 1 fully saturated rings. The molecule has 1 saturated heterocycles. The summed E-state index contributed by atoms with van der Waals surface area (Å²) < 4.78 is 33.2. The van der Waals surface area contributed by atoms with Crippen LogP contribution in [0, 0.1) is 6.92 Å². The maximum Gasteiger partial charge on any atom is 0.243 e. The molecule has 0 N–H and O–H groups in total. The van der Waals surface area contributed by atoms with Gasteiger partial charge >= 0.3 is 0 Å². The molecular formula is C23H27N3O3S.